The molecule has 0 fully saturated rings. The molecule has 0 radical (unpaired) electrons. The Kier molecular flexibility index (Phi) is 3.23. The zero-order valence-corrected chi connectivity index (χ0v) is 12.8. The first-order valence-corrected chi connectivity index (χ1v) is 7.70. The maximum atomic E-state index is 12.8. The second-order valence-corrected chi connectivity index (χ2v) is 5.84. The molecular formula is C21H16O2. The summed E-state index contributed by atoms with van der Waals surface area (Å²) in [5, 5.41) is 0. The van der Waals surface area contributed by atoms with Gasteiger partial charge < -0.3 is 4.74 Å². The predicted molar refractivity (Wildman–Crippen MR) is 90.5 cm³/mol. The van der Waals surface area contributed by atoms with Crippen molar-refractivity contribution in [2.24, 2.45) is 0 Å². The molecule has 2 nitrogen and oxygen atoms in total. The molecule has 0 saturated carbocycles. The average molecular weight is 300 g/mol. The SMILES string of the molecule is Cc1ccc(OC(=O)C2c3ccccc3-c3ccccc32)cc1. The summed E-state index contributed by atoms with van der Waals surface area (Å²) >= 11 is 0. The highest BCUT2D eigenvalue weighted by molar-refractivity contribution is 5.94. The molecule has 0 heterocycles. The number of rotatable bonds is 2. The topological polar surface area (TPSA) is 26.3 Å². The molecule has 0 saturated heterocycles. The van der Waals surface area contributed by atoms with Crippen molar-refractivity contribution in [2.75, 3.05) is 0 Å². The third-order valence-corrected chi connectivity index (χ3v) is 4.31. The fraction of sp³-hybridized carbons (Fsp3) is 0.0952. The Morgan fingerprint density at radius 3 is 1.87 bits per heavy atom. The van der Waals surface area contributed by atoms with Gasteiger partial charge in [-0.25, -0.2) is 0 Å². The summed E-state index contributed by atoms with van der Waals surface area (Å²) in [5.41, 5.74) is 5.42. The van der Waals surface area contributed by atoms with Gasteiger partial charge in [-0.3, -0.25) is 4.79 Å². The van der Waals surface area contributed by atoms with Crippen molar-refractivity contribution in [3.8, 4) is 16.9 Å². The Labute approximate surface area is 135 Å². The van der Waals surface area contributed by atoms with Crippen LogP contribution in [0.25, 0.3) is 11.1 Å². The largest absolute Gasteiger partial charge is 0.426 e. The summed E-state index contributed by atoms with van der Waals surface area (Å²) in [6, 6.07) is 23.6. The predicted octanol–water partition coefficient (Wildman–Crippen LogP) is 4.71. The molecule has 4 rings (SSSR count). The fourth-order valence-electron chi connectivity index (χ4n) is 3.19. The van der Waals surface area contributed by atoms with Gasteiger partial charge in [0.2, 0.25) is 0 Å². The number of fused-ring (bicyclic) bond motifs is 3. The summed E-state index contributed by atoms with van der Waals surface area (Å²) in [6.07, 6.45) is 0. The van der Waals surface area contributed by atoms with Crippen LogP contribution in [0.15, 0.2) is 72.8 Å². The second kappa shape index (κ2) is 5.40. The van der Waals surface area contributed by atoms with Crippen LogP contribution < -0.4 is 4.74 Å². The lowest BCUT2D eigenvalue weighted by atomic mass is 9.97. The minimum Gasteiger partial charge on any atom is -0.426 e. The number of esters is 1. The van der Waals surface area contributed by atoms with Gasteiger partial charge in [-0.05, 0) is 41.3 Å². The van der Waals surface area contributed by atoms with Crippen LogP contribution in [0.3, 0.4) is 0 Å². The number of ether oxygens (including phenoxy) is 1. The molecule has 3 aromatic carbocycles. The number of hydrogen-bond acceptors (Lipinski definition) is 2. The lowest BCUT2D eigenvalue weighted by molar-refractivity contribution is -0.135. The molecule has 0 unspecified atom stereocenters. The van der Waals surface area contributed by atoms with Gasteiger partial charge in [-0.2, -0.15) is 0 Å². The van der Waals surface area contributed by atoms with Crippen LogP contribution in [-0.2, 0) is 4.79 Å². The van der Waals surface area contributed by atoms with E-state index >= 15 is 0 Å². The Bertz CT molecular complexity index is 833. The Hall–Kier alpha value is -2.87. The van der Waals surface area contributed by atoms with Crippen LogP contribution in [0.2, 0.25) is 0 Å². The molecule has 0 bridgehead atoms. The highest BCUT2D eigenvalue weighted by Crippen LogP contribution is 2.45. The van der Waals surface area contributed by atoms with Gasteiger partial charge >= 0.3 is 5.97 Å². The number of hydrogen-bond donors (Lipinski definition) is 0. The normalized spacial score (nSPS) is 12.6. The zero-order chi connectivity index (χ0) is 15.8. The van der Waals surface area contributed by atoms with Gasteiger partial charge in [0, 0.05) is 0 Å². The Morgan fingerprint density at radius 1 is 0.783 bits per heavy atom. The van der Waals surface area contributed by atoms with E-state index in [0.717, 1.165) is 27.8 Å². The molecule has 112 valence electrons. The van der Waals surface area contributed by atoms with Crippen molar-refractivity contribution < 1.29 is 9.53 Å². The van der Waals surface area contributed by atoms with Gasteiger partial charge in [0.05, 0.1) is 0 Å². The summed E-state index contributed by atoms with van der Waals surface area (Å²) in [6.45, 7) is 2.01. The number of aryl methyl sites for hydroxylation is 1. The molecule has 2 heteroatoms. The van der Waals surface area contributed by atoms with Crippen molar-refractivity contribution >= 4 is 5.97 Å². The molecule has 23 heavy (non-hydrogen) atoms. The molecule has 1 aliphatic rings. The third kappa shape index (κ3) is 2.33. The Balaban J connectivity index is 1.73. The van der Waals surface area contributed by atoms with Crippen LogP contribution in [0.5, 0.6) is 5.75 Å². The monoisotopic (exact) mass is 300 g/mol. The quantitative estimate of drug-likeness (QED) is 0.506. The first-order chi connectivity index (χ1) is 11.2. The smallest absolute Gasteiger partial charge is 0.323 e. The van der Waals surface area contributed by atoms with Crippen LogP contribution in [0.1, 0.15) is 22.6 Å². The fourth-order valence-corrected chi connectivity index (χ4v) is 3.19. The van der Waals surface area contributed by atoms with E-state index in [1.54, 1.807) is 0 Å². The second-order valence-electron chi connectivity index (χ2n) is 5.84. The summed E-state index contributed by atoms with van der Waals surface area (Å²) < 4.78 is 5.63. The lowest BCUT2D eigenvalue weighted by Crippen LogP contribution is -2.18. The lowest BCUT2D eigenvalue weighted by Gasteiger charge is -2.13. The van der Waals surface area contributed by atoms with Crippen molar-refractivity contribution in [3.05, 3.63) is 89.5 Å². The third-order valence-electron chi connectivity index (χ3n) is 4.31. The maximum absolute atomic E-state index is 12.8. The van der Waals surface area contributed by atoms with E-state index in [1.807, 2.05) is 67.6 Å². The van der Waals surface area contributed by atoms with E-state index in [2.05, 4.69) is 12.1 Å². The van der Waals surface area contributed by atoms with Crippen molar-refractivity contribution in [3.63, 3.8) is 0 Å². The molecule has 1 aliphatic carbocycles. The highest BCUT2D eigenvalue weighted by Gasteiger charge is 2.34. The molecule has 0 aliphatic heterocycles. The molecule has 3 aromatic rings. The van der Waals surface area contributed by atoms with E-state index in [1.165, 1.54) is 0 Å². The van der Waals surface area contributed by atoms with Crippen molar-refractivity contribution in [2.45, 2.75) is 12.8 Å². The number of benzene rings is 3. The average Bonchev–Trinajstić information content (AvgIpc) is 2.91. The van der Waals surface area contributed by atoms with Crippen LogP contribution in [0.4, 0.5) is 0 Å². The van der Waals surface area contributed by atoms with E-state index in [9.17, 15) is 4.79 Å². The van der Waals surface area contributed by atoms with Crippen molar-refractivity contribution in [1.29, 1.82) is 0 Å². The van der Waals surface area contributed by atoms with E-state index < -0.39 is 0 Å². The van der Waals surface area contributed by atoms with Crippen LogP contribution in [-0.4, -0.2) is 5.97 Å². The van der Waals surface area contributed by atoms with Gasteiger partial charge in [-0.1, -0.05) is 66.2 Å². The van der Waals surface area contributed by atoms with Gasteiger partial charge in [0.15, 0.2) is 0 Å². The van der Waals surface area contributed by atoms with E-state index in [-0.39, 0.29) is 11.9 Å². The molecule has 0 aromatic heterocycles. The number of carbonyl (C=O) groups is 1. The first-order valence-electron chi connectivity index (χ1n) is 7.70. The first kappa shape index (κ1) is 13.8. The summed E-state index contributed by atoms with van der Waals surface area (Å²) in [5.74, 6) is -0.00239. The van der Waals surface area contributed by atoms with E-state index in [4.69, 9.17) is 4.74 Å². The van der Waals surface area contributed by atoms with Crippen LogP contribution in [0, 0.1) is 6.92 Å². The van der Waals surface area contributed by atoms with Gasteiger partial charge in [0.25, 0.3) is 0 Å². The molecule has 0 N–H and O–H groups in total. The van der Waals surface area contributed by atoms with E-state index in [0.29, 0.717) is 5.75 Å². The number of carbonyl (C=O) groups excluding carboxylic acids is 1. The summed E-state index contributed by atoms with van der Waals surface area (Å²) in [4.78, 5) is 12.8. The van der Waals surface area contributed by atoms with Crippen LogP contribution >= 0.6 is 0 Å². The molecular weight excluding hydrogens is 284 g/mol. The molecule has 0 amide bonds. The maximum Gasteiger partial charge on any atom is 0.323 e. The highest BCUT2D eigenvalue weighted by atomic mass is 16.5. The summed E-state index contributed by atoms with van der Waals surface area (Å²) in [7, 11) is 0. The minimum atomic E-state index is -0.358. The zero-order valence-electron chi connectivity index (χ0n) is 12.8. The Morgan fingerprint density at radius 2 is 1.30 bits per heavy atom. The van der Waals surface area contributed by atoms with Gasteiger partial charge in [0.1, 0.15) is 11.7 Å². The standard InChI is InChI=1S/C21H16O2/c1-14-10-12-15(13-11-14)23-21(22)20-18-8-4-2-6-16(18)17-7-3-5-9-19(17)20/h2-13,20H,1H3. The molecule has 0 spiro atoms. The molecule has 0 atom stereocenters. The van der Waals surface area contributed by atoms with Crippen molar-refractivity contribution in [1.82, 2.24) is 0 Å². The minimum absolute atomic E-state index is 0.230. The van der Waals surface area contributed by atoms with Gasteiger partial charge in [-0.15, -0.1) is 0 Å².